The van der Waals surface area contributed by atoms with Gasteiger partial charge in [0.25, 0.3) is 0 Å². The van der Waals surface area contributed by atoms with Crippen molar-refractivity contribution in [1.29, 1.82) is 0 Å². The molecule has 0 saturated heterocycles. The summed E-state index contributed by atoms with van der Waals surface area (Å²) in [6.07, 6.45) is 5.04. The van der Waals surface area contributed by atoms with E-state index in [1.807, 2.05) is 0 Å². The van der Waals surface area contributed by atoms with Crippen molar-refractivity contribution in [3.05, 3.63) is 0 Å². The molecule has 1 unspecified atom stereocenters. The minimum Gasteiger partial charge on any atom is -0.314 e. The van der Waals surface area contributed by atoms with Crippen LogP contribution >= 0.6 is 0 Å². The van der Waals surface area contributed by atoms with Gasteiger partial charge in [0.1, 0.15) is 0 Å². The van der Waals surface area contributed by atoms with Gasteiger partial charge in [-0.15, -0.1) is 0 Å². The van der Waals surface area contributed by atoms with Gasteiger partial charge < -0.3 is 5.32 Å². The molecule has 0 heterocycles. The monoisotopic (exact) mass is 279 g/mol. The van der Waals surface area contributed by atoms with Gasteiger partial charge in [-0.3, -0.25) is 0 Å². The summed E-state index contributed by atoms with van der Waals surface area (Å²) in [5, 5.41) is 3.28. The van der Waals surface area contributed by atoms with Gasteiger partial charge in [0.05, 0.1) is 0 Å². The number of rotatable bonds is 8. The van der Waals surface area contributed by atoms with E-state index in [0.717, 1.165) is 31.7 Å². The molecule has 114 valence electrons. The molecular weight excluding hydrogens is 251 g/mol. The second kappa shape index (κ2) is 8.83. The molecule has 1 saturated carbocycles. The van der Waals surface area contributed by atoms with E-state index >= 15 is 0 Å². The van der Waals surface area contributed by atoms with Crippen LogP contribution in [-0.2, 0) is 0 Å². The average Bonchev–Trinajstić information content (AvgIpc) is 2.38. The molecule has 4 heteroatoms. The maximum atomic E-state index is 12.3. The van der Waals surface area contributed by atoms with Crippen molar-refractivity contribution in [2.24, 2.45) is 5.92 Å². The zero-order valence-corrected chi connectivity index (χ0v) is 12.1. The standard InChI is InChI=1S/C15H28F3N/c1-2-12-19-14(10-11-15(16,17)18)9-8-13-6-4-3-5-7-13/h13-14,19H,2-12H2,1H3. The van der Waals surface area contributed by atoms with E-state index in [-0.39, 0.29) is 12.5 Å². The zero-order valence-electron chi connectivity index (χ0n) is 12.1. The molecule has 1 aliphatic rings. The first-order valence-corrected chi connectivity index (χ1v) is 7.81. The van der Waals surface area contributed by atoms with Crippen molar-refractivity contribution in [3.8, 4) is 0 Å². The Balaban J connectivity index is 2.26. The van der Waals surface area contributed by atoms with Crippen LogP contribution in [0.2, 0.25) is 0 Å². The van der Waals surface area contributed by atoms with Crippen molar-refractivity contribution in [3.63, 3.8) is 0 Å². The molecule has 0 aromatic carbocycles. The van der Waals surface area contributed by atoms with Crippen LogP contribution in [0.4, 0.5) is 13.2 Å². The van der Waals surface area contributed by atoms with E-state index in [4.69, 9.17) is 0 Å². The summed E-state index contributed by atoms with van der Waals surface area (Å²) in [5.74, 6) is 0.755. The Morgan fingerprint density at radius 2 is 1.79 bits per heavy atom. The molecule has 1 aliphatic carbocycles. The summed E-state index contributed by atoms with van der Waals surface area (Å²) in [5.41, 5.74) is 0. The van der Waals surface area contributed by atoms with Crippen LogP contribution in [0.15, 0.2) is 0 Å². The maximum absolute atomic E-state index is 12.3. The SMILES string of the molecule is CCCNC(CCC1CCCCC1)CCC(F)(F)F. The molecule has 0 aromatic rings. The van der Waals surface area contributed by atoms with E-state index in [1.54, 1.807) is 0 Å². The molecule has 0 aromatic heterocycles. The summed E-state index contributed by atoms with van der Waals surface area (Å²) in [7, 11) is 0. The van der Waals surface area contributed by atoms with Crippen LogP contribution in [0.5, 0.6) is 0 Å². The fraction of sp³-hybridized carbons (Fsp3) is 1.00. The molecule has 0 amide bonds. The average molecular weight is 279 g/mol. The van der Waals surface area contributed by atoms with E-state index in [0.29, 0.717) is 0 Å². The van der Waals surface area contributed by atoms with Crippen LogP contribution in [0.3, 0.4) is 0 Å². The van der Waals surface area contributed by atoms with Gasteiger partial charge >= 0.3 is 6.18 Å². The molecule has 0 aliphatic heterocycles. The third-order valence-corrected chi connectivity index (χ3v) is 4.11. The fourth-order valence-corrected chi connectivity index (χ4v) is 2.95. The first-order valence-electron chi connectivity index (χ1n) is 7.81. The highest BCUT2D eigenvalue weighted by atomic mass is 19.4. The van der Waals surface area contributed by atoms with Crippen LogP contribution < -0.4 is 5.32 Å². The summed E-state index contributed by atoms with van der Waals surface area (Å²) in [6, 6.07) is 0.0449. The molecule has 1 atom stereocenters. The summed E-state index contributed by atoms with van der Waals surface area (Å²) in [4.78, 5) is 0. The van der Waals surface area contributed by atoms with Gasteiger partial charge in [-0.2, -0.15) is 13.2 Å². The van der Waals surface area contributed by atoms with Crippen molar-refractivity contribution in [1.82, 2.24) is 5.32 Å². The molecule has 1 N–H and O–H groups in total. The quantitative estimate of drug-likeness (QED) is 0.655. The Morgan fingerprint density at radius 3 is 2.37 bits per heavy atom. The maximum Gasteiger partial charge on any atom is 0.389 e. The van der Waals surface area contributed by atoms with Crippen molar-refractivity contribution < 1.29 is 13.2 Å². The van der Waals surface area contributed by atoms with Gasteiger partial charge in [0.2, 0.25) is 0 Å². The molecular formula is C15H28F3N. The Hall–Kier alpha value is -0.250. The lowest BCUT2D eigenvalue weighted by molar-refractivity contribution is -0.136. The predicted molar refractivity (Wildman–Crippen MR) is 73.2 cm³/mol. The highest BCUT2D eigenvalue weighted by Gasteiger charge is 2.28. The highest BCUT2D eigenvalue weighted by Crippen LogP contribution is 2.29. The van der Waals surface area contributed by atoms with Crippen molar-refractivity contribution in [2.45, 2.75) is 83.4 Å². The second-order valence-electron chi connectivity index (χ2n) is 5.89. The lowest BCUT2D eigenvalue weighted by Gasteiger charge is -2.25. The molecule has 0 spiro atoms. The summed E-state index contributed by atoms with van der Waals surface area (Å²) in [6.45, 7) is 2.88. The van der Waals surface area contributed by atoms with Crippen molar-refractivity contribution in [2.75, 3.05) is 6.54 Å². The lowest BCUT2D eigenvalue weighted by Crippen LogP contribution is -2.31. The zero-order chi connectivity index (χ0) is 14.1. The fourth-order valence-electron chi connectivity index (χ4n) is 2.95. The topological polar surface area (TPSA) is 12.0 Å². The molecule has 1 rings (SSSR count). The van der Waals surface area contributed by atoms with Gasteiger partial charge in [0, 0.05) is 12.5 Å². The summed E-state index contributed by atoms with van der Waals surface area (Å²) >= 11 is 0. The Bertz CT molecular complexity index is 222. The van der Waals surface area contributed by atoms with Gasteiger partial charge in [-0.05, 0) is 38.1 Å². The van der Waals surface area contributed by atoms with Crippen LogP contribution in [0.1, 0.15) is 71.1 Å². The molecule has 0 bridgehead atoms. The number of hydrogen-bond donors (Lipinski definition) is 1. The Labute approximate surface area is 115 Å². The number of alkyl halides is 3. The third-order valence-electron chi connectivity index (χ3n) is 4.11. The van der Waals surface area contributed by atoms with Crippen molar-refractivity contribution >= 4 is 0 Å². The van der Waals surface area contributed by atoms with Crippen LogP contribution in [-0.4, -0.2) is 18.8 Å². The second-order valence-corrected chi connectivity index (χ2v) is 5.89. The third kappa shape index (κ3) is 8.51. The summed E-state index contributed by atoms with van der Waals surface area (Å²) < 4.78 is 36.9. The van der Waals surface area contributed by atoms with E-state index < -0.39 is 12.6 Å². The van der Waals surface area contributed by atoms with E-state index in [9.17, 15) is 13.2 Å². The minimum atomic E-state index is -4.02. The first kappa shape index (κ1) is 16.8. The molecule has 0 radical (unpaired) electrons. The van der Waals surface area contributed by atoms with Gasteiger partial charge in [-0.25, -0.2) is 0 Å². The molecule has 19 heavy (non-hydrogen) atoms. The van der Waals surface area contributed by atoms with Gasteiger partial charge in [-0.1, -0.05) is 39.0 Å². The van der Waals surface area contributed by atoms with E-state index in [2.05, 4.69) is 12.2 Å². The number of hydrogen-bond acceptors (Lipinski definition) is 1. The molecule has 1 fully saturated rings. The highest BCUT2D eigenvalue weighted by molar-refractivity contribution is 4.73. The smallest absolute Gasteiger partial charge is 0.314 e. The largest absolute Gasteiger partial charge is 0.389 e. The number of halogens is 3. The first-order chi connectivity index (χ1) is 9.01. The van der Waals surface area contributed by atoms with Crippen LogP contribution in [0, 0.1) is 5.92 Å². The predicted octanol–water partition coefficient (Wildman–Crippen LogP) is 5.06. The minimum absolute atomic E-state index is 0.0449. The Kier molecular flexibility index (Phi) is 7.81. The van der Waals surface area contributed by atoms with Gasteiger partial charge in [0.15, 0.2) is 0 Å². The lowest BCUT2D eigenvalue weighted by atomic mass is 9.85. The normalized spacial score (nSPS) is 19.6. The van der Waals surface area contributed by atoms with E-state index in [1.165, 1.54) is 32.1 Å². The number of nitrogens with one attached hydrogen (secondary N) is 1. The Morgan fingerprint density at radius 1 is 1.11 bits per heavy atom. The van der Waals surface area contributed by atoms with Crippen LogP contribution in [0.25, 0.3) is 0 Å². The molecule has 1 nitrogen and oxygen atoms in total.